The normalized spacial score (nSPS) is 11.8. The van der Waals surface area contributed by atoms with Crippen LogP contribution in [0.3, 0.4) is 0 Å². The summed E-state index contributed by atoms with van der Waals surface area (Å²) >= 11 is 6.18. The van der Waals surface area contributed by atoms with Gasteiger partial charge in [0.2, 0.25) is 5.91 Å². The van der Waals surface area contributed by atoms with Gasteiger partial charge in [-0.2, -0.15) is 0 Å². The molecule has 0 saturated heterocycles. The van der Waals surface area contributed by atoms with Crippen LogP contribution >= 0.6 is 11.6 Å². The fourth-order valence-corrected chi connectivity index (χ4v) is 2.34. The SMILES string of the molecule is C[C@H](Nc1cccc(NC(=O)CO)c1)c1ccccc1Cl. The number of aliphatic hydroxyl groups excluding tert-OH is 1. The van der Waals surface area contributed by atoms with Crippen molar-refractivity contribution in [3.05, 3.63) is 59.1 Å². The second-order valence-electron chi connectivity index (χ2n) is 4.67. The maximum absolute atomic E-state index is 11.2. The predicted octanol–water partition coefficient (Wildman–Crippen LogP) is 3.44. The molecule has 0 heterocycles. The molecular formula is C16H17ClN2O2. The van der Waals surface area contributed by atoms with Gasteiger partial charge in [0, 0.05) is 22.4 Å². The number of benzene rings is 2. The Bertz CT molecular complexity index is 631. The quantitative estimate of drug-likeness (QED) is 0.793. The molecule has 0 spiro atoms. The zero-order valence-corrected chi connectivity index (χ0v) is 12.4. The summed E-state index contributed by atoms with van der Waals surface area (Å²) in [4.78, 5) is 11.2. The Labute approximate surface area is 128 Å². The van der Waals surface area contributed by atoms with Gasteiger partial charge < -0.3 is 15.7 Å². The number of halogens is 1. The largest absolute Gasteiger partial charge is 0.387 e. The summed E-state index contributed by atoms with van der Waals surface area (Å²) in [5, 5.41) is 15.4. The highest BCUT2D eigenvalue weighted by Crippen LogP contribution is 2.26. The number of anilines is 2. The summed E-state index contributed by atoms with van der Waals surface area (Å²) < 4.78 is 0. The van der Waals surface area contributed by atoms with E-state index in [9.17, 15) is 4.79 Å². The number of carbonyl (C=O) groups is 1. The van der Waals surface area contributed by atoms with E-state index in [4.69, 9.17) is 16.7 Å². The van der Waals surface area contributed by atoms with Crippen molar-refractivity contribution in [3.63, 3.8) is 0 Å². The lowest BCUT2D eigenvalue weighted by Crippen LogP contribution is -2.15. The molecule has 0 radical (unpaired) electrons. The summed E-state index contributed by atoms with van der Waals surface area (Å²) in [6.07, 6.45) is 0. The Morgan fingerprint density at radius 3 is 2.62 bits per heavy atom. The van der Waals surface area contributed by atoms with E-state index >= 15 is 0 Å². The molecular weight excluding hydrogens is 288 g/mol. The van der Waals surface area contributed by atoms with Gasteiger partial charge in [-0.15, -0.1) is 0 Å². The fraction of sp³-hybridized carbons (Fsp3) is 0.188. The number of carbonyl (C=O) groups excluding carboxylic acids is 1. The second-order valence-corrected chi connectivity index (χ2v) is 5.08. The van der Waals surface area contributed by atoms with Crippen LogP contribution in [0, 0.1) is 0 Å². The molecule has 0 fully saturated rings. The summed E-state index contributed by atoms with van der Waals surface area (Å²) in [5.74, 6) is -0.439. The molecule has 0 aliphatic heterocycles. The van der Waals surface area contributed by atoms with Crippen LogP contribution in [0.4, 0.5) is 11.4 Å². The Kier molecular flexibility index (Phi) is 5.20. The van der Waals surface area contributed by atoms with E-state index in [0.717, 1.165) is 11.3 Å². The molecule has 0 saturated carbocycles. The van der Waals surface area contributed by atoms with Gasteiger partial charge in [-0.25, -0.2) is 0 Å². The molecule has 0 aromatic heterocycles. The van der Waals surface area contributed by atoms with Gasteiger partial charge in [0.1, 0.15) is 6.61 Å². The number of amides is 1. The van der Waals surface area contributed by atoms with Gasteiger partial charge in [0.05, 0.1) is 0 Å². The first-order valence-electron chi connectivity index (χ1n) is 6.62. The van der Waals surface area contributed by atoms with Crippen LogP contribution in [-0.2, 0) is 4.79 Å². The first-order valence-corrected chi connectivity index (χ1v) is 6.99. The van der Waals surface area contributed by atoms with Crippen molar-refractivity contribution in [1.82, 2.24) is 0 Å². The average Bonchev–Trinajstić information content (AvgIpc) is 2.47. The molecule has 0 unspecified atom stereocenters. The second kappa shape index (κ2) is 7.11. The lowest BCUT2D eigenvalue weighted by atomic mass is 10.1. The van der Waals surface area contributed by atoms with Crippen LogP contribution in [0.25, 0.3) is 0 Å². The minimum atomic E-state index is -0.534. The summed E-state index contributed by atoms with van der Waals surface area (Å²) in [7, 11) is 0. The van der Waals surface area contributed by atoms with E-state index < -0.39 is 12.5 Å². The lowest BCUT2D eigenvalue weighted by Gasteiger charge is -2.17. The Morgan fingerprint density at radius 1 is 1.19 bits per heavy atom. The van der Waals surface area contributed by atoms with Crippen molar-refractivity contribution < 1.29 is 9.90 Å². The summed E-state index contributed by atoms with van der Waals surface area (Å²) in [6.45, 7) is 1.48. The molecule has 1 atom stereocenters. The molecule has 0 aliphatic carbocycles. The highest BCUT2D eigenvalue weighted by Gasteiger charge is 2.09. The Morgan fingerprint density at radius 2 is 1.90 bits per heavy atom. The molecule has 2 aromatic carbocycles. The molecule has 5 heteroatoms. The number of aliphatic hydroxyl groups is 1. The van der Waals surface area contributed by atoms with E-state index in [-0.39, 0.29) is 6.04 Å². The lowest BCUT2D eigenvalue weighted by molar-refractivity contribution is -0.118. The van der Waals surface area contributed by atoms with Gasteiger partial charge in [0.15, 0.2) is 0 Å². The van der Waals surface area contributed by atoms with Crippen LogP contribution in [0.5, 0.6) is 0 Å². The van der Waals surface area contributed by atoms with Gasteiger partial charge in [0.25, 0.3) is 0 Å². The Balaban J connectivity index is 2.11. The third-order valence-electron chi connectivity index (χ3n) is 3.04. The topological polar surface area (TPSA) is 61.4 Å². The zero-order valence-electron chi connectivity index (χ0n) is 11.6. The maximum atomic E-state index is 11.2. The van der Waals surface area contributed by atoms with Crippen molar-refractivity contribution in [3.8, 4) is 0 Å². The van der Waals surface area contributed by atoms with Gasteiger partial charge in [-0.3, -0.25) is 4.79 Å². The minimum absolute atomic E-state index is 0.0301. The first kappa shape index (κ1) is 15.4. The summed E-state index contributed by atoms with van der Waals surface area (Å²) in [5.41, 5.74) is 2.49. The van der Waals surface area contributed by atoms with E-state index in [0.29, 0.717) is 10.7 Å². The standard InChI is InChI=1S/C16H17ClN2O2/c1-11(14-7-2-3-8-15(14)17)18-12-5-4-6-13(9-12)19-16(21)10-20/h2-9,11,18,20H,10H2,1H3,(H,19,21)/t11-/m0/s1. The predicted molar refractivity (Wildman–Crippen MR) is 85.6 cm³/mol. The average molecular weight is 305 g/mol. The molecule has 21 heavy (non-hydrogen) atoms. The highest BCUT2D eigenvalue weighted by molar-refractivity contribution is 6.31. The molecule has 4 nitrogen and oxygen atoms in total. The van der Waals surface area contributed by atoms with Crippen LogP contribution in [0.15, 0.2) is 48.5 Å². The van der Waals surface area contributed by atoms with Crippen molar-refractivity contribution in [2.24, 2.45) is 0 Å². The third kappa shape index (κ3) is 4.21. The van der Waals surface area contributed by atoms with Crippen LogP contribution in [0.2, 0.25) is 5.02 Å². The zero-order chi connectivity index (χ0) is 15.2. The number of rotatable bonds is 5. The molecule has 2 aromatic rings. The van der Waals surface area contributed by atoms with Crippen molar-refractivity contribution in [2.45, 2.75) is 13.0 Å². The molecule has 2 rings (SSSR count). The number of nitrogens with one attached hydrogen (secondary N) is 2. The molecule has 0 bridgehead atoms. The van der Waals surface area contributed by atoms with Gasteiger partial charge in [-0.1, -0.05) is 35.9 Å². The minimum Gasteiger partial charge on any atom is -0.387 e. The number of hydrogen-bond acceptors (Lipinski definition) is 3. The maximum Gasteiger partial charge on any atom is 0.250 e. The summed E-state index contributed by atoms with van der Waals surface area (Å²) in [6, 6.07) is 15.0. The van der Waals surface area contributed by atoms with E-state index in [2.05, 4.69) is 10.6 Å². The van der Waals surface area contributed by atoms with Gasteiger partial charge in [-0.05, 0) is 36.8 Å². The number of hydrogen-bond donors (Lipinski definition) is 3. The Hall–Kier alpha value is -2.04. The first-order chi connectivity index (χ1) is 10.1. The van der Waals surface area contributed by atoms with Crippen molar-refractivity contribution >= 4 is 28.9 Å². The molecule has 1 amide bonds. The smallest absolute Gasteiger partial charge is 0.250 e. The van der Waals surface area contributed by atoms with Crippen LogP contribution in [0.1, 0.15) is 18.5 Å². The van der Waals surface area contributed by atoms with Gasteiger partial charge >= 0.3 is 0 Å². The van der Waals surface area contributed by atoms with E-state index in [1.165, 1.54) is 0 Å². The van der Waals surface area contributed by atoms with Crippen LogP contribution in [-0.4, -0.2) is 17.6 Å². The molecule has 0 aliphatic rings. The fourth-order valence-electron chi connectivity index (χ4n) is 2.04. The van der Waals surface area contributed by atoms with Crippen molar-refractivity contribution in [1.29, 1.82) is 0 Å². The third-order valence-corrected chi connectivity index (χ3v) is 3.39. The molecule has 3 N–H and O–H groups in total. The molecule has 110 valence electrons. The van der Waals surface area contributed by atoms with E-state index in [1.807, 2.05) is 43.3 Å². The van der Waals surface area contributed by atoms with Crippen LogP contribution < -0.4 is 10.6 Å². The van der Waals surface area contributed by atoms with Crippen molar-refractivity contribution in [2.75, 3.05) is 17.2 Å². The highest BCUT2D eigenvalue weighted by atomic mass is 35.5. The monoisotopic (exact) mass is 304 g/mol. The van der Waals surface area contributed by atoms with E-state index in [1.54, 1.807) is 12.1 Å².